The second kappa shape index (κ2) is 7.18. The molecule has 1 unspecified atom stereocenters. The third-order valence-electron chi connectivity index (χ3n) is 4.54. The third-order valence-corrected chi connectivity index (χ3v) is 5.46. The Balaban J connectivity index is 2.47. The molecule has 1 aromatic carbocycles. The van der Waals surface area contributed by atoms with Gasteiger partial charge >= 0.3 is 0 Å². The highest BCUT2D eigenvalue weighted by Gasteiger charge is 2.43. The number of halogens is 2. The fourth-order valence-electron chi connectivity index (χ4n) is 2.99. The molecule has 0 saturated carbocycles. The van der Waals surface area contributed by atoms with E-state index >= 15 is 0 Å². The molecule has 1 aliphatic heterocycles. The summed E-state index contributed by atoms with van der Waals surface area (Å²) >= 11 is 0. The number of sulfonamides is 1. The van der Waals surface area contributed by atoms with Crippen molar-refractivity contribution in [1.29, 1.82) is 0 Å². The van der Waals surface area contributed by atoms with Crippen LogP contribution < -0.4 is 15.8 Å². The Morgan fingerprint density at radius 1 is 1.44 bits per heavy atom. The largest absolute Gasteiger partial charge is 0.372 e. The summed E-state index contributed by atoms with van der Waals surface area (Å²) in [5, 5.41) is 22.2. The maximum Gasteiger partial charge on any atom is 0.293 e. The minimum atomic E-state index is -4.12. The van der Waals surface area contributed by atoms with Crippen LogP contribution in [0.5, 0.6) is 0 Å². The van der Waals surface area contributed by atoms with Gasteiger partial charge in [0.1, 0.15) is 5.69 Å². The van der Waals surface area contributed by atoms with Crippen molar-refractivity contribution in [2.24, 2.45) is 11.1 Å². The number of piperidine rings is 1. The van der Waals surface area contributed by atoms with Crippen LogP contribution in [0.1, 0.15) is 19.8 Å². The van der Waals surface area contributed by atoms with Gasteiger partial charge in [-0.1, -0.05) is 6.92 Å². The van der Waals surface area contributed by atoms with Gasteiger partial charge in [-0.2, -0.15) is 0 Å². The molecule has 1 heterocycles. The number of rotatable bonds is 6. The lowest BCUT2D eigenvalue weighted by Crippen LogP contribution is -2.57. The van der Waals surface area contributed by atoms with Crippen molar-refractivity contribution < 1.29 is 22.1 Å². The number of primary sulfonamides is 1. The lowest BCUT2D eigenvalue weighted by atomic mass is 9.78. The van der Waals surface area contributed by atoms with Crippen molar-refractivity contribution in [1.82, 2.24) is 5.32 Å². The van der Waals surface area contributed by atoms with Crippen LogP contribution in [0.3, 0.4) is 0 Å². The van der Waals surface area contributed by atoms with E-state index in [1.807, 2.05) is 0 Å². The molecule has 0 bridgehead atoms. The van der Waals surface area contributed by atoms with Gasteiger partial charge in [-0.3, -0.25) is 10.1 Å². The molecule has 2 atom stereocenters. The normalized spacial score (nSPS) is 22.6. The zero-order valence-corrected chi connectivity index (χ0v) is 14.4. The summed E-state index contributed by atoms with van der Waals surface area (Å²) in [5.74, 6) is -1.07. The van der Waals surface area contributed by atoms with Gasteiger partial charge in [0, 0.05) is 18.5 Å². The Labute approximate surface area is 144 Å². The third kappa shape index (κ3) is 4.22. The van der Waals surface area contributed by atoms with Crippen LogP contribution in [-0.2, 0) is 10.0 Å². The maximum absolute atomic E-state index is 13.3. The van der Waals surface area contributed by atoms with Crippen molar-refractivity contribution >= 4 is 21.4 Å². The lowest BCUT2D eigenvalue weighted by molar-refractivity contribution is -0.384. The quantitative estimate of drug-likeness (QED) is 0.510. The Kier molecular flexibility index (Phi) is 5.59. The highest BCUT2D eigenvalue weighted by molar-refractivity contribution is 7.89. The Morgan fingerprint density at radius 3 is 2.60 bits per heavy atom. The van der Waals surface area contributed by atoms with Crippen LogP contribution >= 0.6 is 0 Å². The molecule has 0 amide bonds. The predicted octanol–water partition coefficient (Wildman–Crippen LogP) is 1.68. The molecule has 8 nitrogen and oxygen atoms in total. The Morgan fingerprint density at radius 2 is 2.12 bits per heavy atom. The summed E-state index contributed by atoms with van der Waals surface area (Å²) in [6, 6.07) is 3.13. The minimum absolute atomic E-state index is 0.0198. The van der Waals surface area contributed by atoms with Crippen LogP contribution in [0, 0.1) is 16.0 Å². The van der Waals surface area contributed by atoms with Crippen molar-refractivity contribution in [3.8, 4) is 0 Å². The van der Waals surface area contributed by atoms with Gasteiger partial charge in [0.05, 0.1) is 15.4 Å². The first-order valence-electron chi connectivity index (χ1n) is 7.65. The molecular formula is C14H20F2N4O4S. The smallest absolute Gasteiger partial charge is 0.293 e. The second-order valence-corrected chi connectivity index (χ2v) is 7.73. The van der Waals surface area contributed by atoms with E-state index in [2.05, 4.69) is 10.6 Å². The fourth-order valence-corrected chi connectivity index (χ4v) is 3.53. The molecule has 0 aliphatic carbocycles. The molecule has 1 aliphatic rings. The number of nitro benzene ring substituents is 1. The van der Waals surface area contributed by atoms with E-state index in [0.717, 1.165) is 12.1 Å². The standard InChI is InChI=1S/C14H20F2N4O4S/c1-9(13(15)16)14(5-2-6-18-8-14)19-11-4-3-10(25(17,23)24)7-12(11)20(21)22/h3-4,7,9,13,18-19H,2,5-6,8H2,1H3,(H2,17,23,24)/t9?,14-/m0/s1. The topological polar surface area (TPSA) is 127 Å². The summed E-state index contributed by atoms with van der Waals surface area (Å²) in [6.07, 6.45) is -1.58. The molecule has 1 fully saturated rings. The summed E-state index contributed by atoms with van der Waals surface area (Å²) in [5.41, 5.74) is -1.63. The predicted molar refractivity (Wildman–Crippen MR) is 88.1 cm³/mol. The molecule has 11 heteroatoms. The number of benzene rings is 1. The van der Waals surface area contributed by atoms with Gasteiger partial charge in [0.25, 0.3) is 5.69 Å². The maximum atomic E-state index is 13.3. The molecule has 1 saturated heterocycles. The zero-order valence-electron chi connectivity index (χ0n) is 13.5. The van der Waals surface area contributed by atoms with E-state index in [-0.39, 0.29) is 12.2 Å². The van der Waals surface area contributed by atoms with E-state index in [0.29, 0.717) is 19.4 Å². The lowest BCUT2D eigenvalue weighted by Gasteiger charge is -2.43. The first kappa shape index (κ1) is 19.5. The number of anilines is 1. The average Bonchev–Trinajstić information content (AvgIpc) is 2.54. The number of nitro groups is 1. The van der Waals surface area contributed by atoms with Crippen molar-refractivity contribution in [3.63, 3.8) is 0 Å². The molecule has 25 heavy (non-hydrogen) atoms. The SMILES string of the molecule is CC(C(F)F)[C@]1(Nc2ccc(S(N)(=O)=O)cc2[N+](=O)[O-])CCCNC1. The Hall–Kier alpha value is -1.85. The van der Waals surface area contributed by atoms with Crippen molar-refractivity contribution in [3.05, 3.63) is 28.3 Å². The summed E-state index contributed by atoms with van der Waals surface area (Å²) in [4.78, 5) is 10.1. The van der Waals surface area contributed by atoms with Gasteiger partial charge in [-0.05, 0) is 31.5 Å². The van der Waals surface area contributed by atoms with Crippen molar-refractivity contribution in [2.45, 2.75) is 36.6 Å². The fraction of sp³-hybridized carbons (Fsp3) is 0.571. The molecule has 0 spiro atoms. The van der Waals surface area contributed by atoms with Gasteiger partial charge in [0.15, 0.2) is 0 Å². The first-order chi connectivity index (χ1) is 11.6. The Bertz CT molecular complexity index is 751. The van der Waals surface area contributed by atoms with Crippen LogP contribution in [-0.4, -0.2) is 38.4 Å². The van der Waals surface area contributed by atoms with Gasteiger partial charge in [-0.25, -0.2) is 22.3 Å². The van der Waals surface area contributed by atoms with Gasteiger partial charge < -0.3 is 10.6 Å². The highest BCUT2D eigenvalue weighted by atomic mass is 32.2. The zero-order chi connectivity index (χ0) is 18.8. The monoisotopic (exact) mass is 378 g/mol. The average molecular weight is 378 g/mol. The van der Waals surface area contributed by atoms with E-state index in [9.17, 15) is 27.3 Å². The molecule has 0 radical (unpaired) electrons. The van der Waals surface area contributed by atoms with E-state index in [1.54, 1.807) is 0 Å². The van der Waals surface area contributed by atoms with E-state index in [1.165, 1.54) is 13.0 Å². The van der Waals surface area contributed by atoms with Crippen LogP contribution in [0.25, 0.3) is 0 Å². The van der Waals surface area contributed by atoms with E-state index in [4.69, 9.17) is 5.14 Å². The van der Waals surface area contributed by atoms with Crippen LogP contribution in [0.2, 0.25) is 0 Å². The van der Waals surface area contributed by atoms with Gasteiger partial charge in [0.2, 0.25) is 16.4 Å². The summed E-state index contributed by atoms with van der Waals surface area (Å²) in [7, 11) is -4.12. The van der Waals surface area contributed by atoms with Crippen LogP contribution in [0.15, 0.2) is 23.1 Å². The molecule has 140 valence electrons. The molecule has 4 N–H and O–H groups in total. The number of nitrogens with zero attached hydrogens (tertiary/aromatic N) is 1. The second-order valence-electron chi connectivity index (χ2n) is 6.17. The summed E-state index contributed by atoms with van der Waals surface area (Å²) < 4.78 is 49.5. The molecule has 2 rings (SSSR count). The molecule has 1 aromatic rings. The van der Waals surface area contributed by atoms with Gasteiger partial charge in [-0.15, -0.1) is 0 Å². The highest BCUT2D eigenvalue weighted by Crippen LogP contribution is 2.37. The number of hydrogen-bond donors (Lipinski definition) is 3. The first-order valence-corrected chi connectivity index (χ1v) is 9.20. The number of nitrogens with one attached hydrogen (secondary N) is 2. The number of hydrogen-bond acceptors (Lipinski definition) is 6. The van der Waals surface area contributed by atoms with Crippen molar-refractivity contribution in [2.75, 3.05) is 18.4 Å². The summed E-state index contributed by atoms with van der Waals surface area (Å²) in [6.45, 7) is 2.27. The molecular weight excluding hydrogens is 358 g/mol. The van der Waals surface area contributed by atoms with Crippen LogP contribution in [0.4, 0.5) is 20.2 Å². The molecule has 0 aromatic heterocycles. The minimum Gasteiger partial charge on any atom is -0.372 e. The number of nitrogens with two attached hydrogens (primary N) is 1. The van der Waals surface area contributed by atoms with E-state index < -0.39 is 43.4 Å². The number of alkyl halides is 2.